The first-order chi connectivity index (χ1) is 13.7. The van der Waals surface area contributed by atoms with Crippen LogP contribution in [0.1, 0.15) is 51.1 Å². The molecule has 2 aliphatic rings. The molecule has 1 aliphatic carbocycles. The summed E-state index contributed by atoms with van der Waals surface area (Å²) < 4.78 is 45.7. The number of carbonyl (C=O) groups is 1. The second kappa shape index (κ2) is 7.39. The van der Waals surface area contributed by atoms with Crippen LogP contribution >= 0.6 is 0 Å². The summed E-state index contributed by atoms with van der Waals surface area (Å²) in [5.41, 5.74) is 3.04. The second-order valence-electron chi connectivity index (χ2n) is 7.87. The number of rotatable bonds is 5. The fourth-order valence-corrected chi connectivity index (χ4v) is 3.96. The Morgan fingerprint density at radius 1 is 1.28 bits per heavy atom. The van der Waals surface area contributed by atoms with Gasteiger partial charge in [0.05, 0.1) is 31.0 Å². The Bertz CT molecular complexity index is 918. The average molecular weight is 407 g/mol. The first kappa shape index (κ1) is 19.8. The van der Waals surface area contributed by atoms with Crippen LogP contribution in [0.3, 0.4) is 0 Å². The molecular formula is C21H24F3N3O2. The van der Waals surface area contributed by atoms with E-state index in [0.29, 0.717) is 18.2 Å². The summed E-state index contributed by atoms with van der Waals surface area (Å²) in [6.07, 6.45) is 1.89. The van der Waals surface area contributed by atoms with Crippen LogP contribution in [0.4, 0.5) is 18.9 Å². The first-order valence-corrected chi connectivity index (χ1v) is 9.94. The molecule has 0 radical (unpaired) electrons. The number of alkyl halides is 3. The van der Waals surface area contributed by atoms with Crippen LogP contribution in [-0.4, -0.2) is 34.5 Å². The zero-order valence-electron chi connectivity index (χ0n) is 16.5. The van der Waals surface area contributed by atoms with Gasteiger partial charge in [0.1, 0.15) is 5.75 Å². The van der Waals surface area contributed by atoms with Crippen molar-refractivity contribution in [3.63, 3.8) is 0 Å². The molecule has 1 aliphatic heterocycles. The maximum Gasteiger partial charge on any atom is 0.392 e. The molecule has 1 atom stereocenters. The van der Waals surface area contributed by atoms with Crippen LogP contribution in [-0.2, 0) is 11.2 Å². The fourth-order valence-electron chi connectivity index (χ4n) is 3.96. The number of hydrogen-bond acceptors (Lipinski definition) is 3. The Morgan fingerprint density at radius 2 is 2.03 bits per heavy atom. The van der Waals surface area contributed by atoms with E-state index in [9.17, 15) is 18.0 Å². The molecule has 1 aromatic heterocycles. The molecule has 29 heavy (non-hydrogen) atoms. The molecule has 0 unspecified atom stereocenters. The minimum absolute atomic E-state index is 0.0338. The molecule has 2 heterocycles. The van der Waals surface area contributed by atoms with E-state index in [0.717, 1.165) is 41.6 Å². The van der Waals surface area contributed by atoms with Gasteiger partial charge in [0.15, 0.2) is 0 Å². The lowest BCUT2D eigenvalue weighted by molar-refractivity contribution is -0.139. The van der Waals surface area contributed by atoms with Crippen molar-refractivity contribution in [1.29, 1.82) is 0 Å². The van der Waals surface area contributed by atoms with Crippen LogP contribution in [0.25, 0.3) is 11.1 Å². The predicted molar refractivity (Wildman–Crippen MR) is 103 cm³/mol. The van der Waals surface area contributed by atoms with Crippen molar-refractivity contribution < 1.29 is 22.7 Å². The number of nitrogens with zero attached hydrogens (tertiary/aromatic N) is 3. The van der Waals surface area contributed by atoms with Crippen LogP contribution in [0, 0.1) is 0 Å². The quantitative estimate of drug-likeness (QED) is 0.708. The van der Waals surface area contributed by atoms with Gasteiger partial charge < -0.3 is 9.64 Å². The lowest BCUT2D eigenvalue weighted by Gasteiger charge is -2.36. The van der Waals surface area contributed by atoms with Crippen molar-refractivity contribution in [3.8, 4) is 16.9 Å². The largest absolute Gasteiger partial charge is 0.492 e. The van der Waals surface area contributed by atoms with Crippen molar-refractivity contribution in [2.45, 2.75) is 64.2 Å². The van der Waals surface area contributed by atoms with Gasteiger partial charge in [0, 0.05) is 35.9 Å². The zero-order chi connectivity index (χ0) is 20.8. The van der Waals surface area contributed by atoms with Gasteiger partial charge in [-0.05, 0) is 44.7 Å². The average Bonchev–Trinajstić information content (AvgIpc) is 3.37. The number of ether oxygens (including phenoxy) is 1. The SMILES string of the molecule is CC(=O)N1c2ccc(-c3cnn(C4CC4)c3)c(OCCC(F)(F)F)c2CC[C@@H]1C. The van der Waals surface area contributed by atoms with Gasteiger partial charge in [-0.15, -0.1) is 0 Å². The lowest BCUT2D eigenvalue weighted by atomic mass is 9.92. The Morgan fingerprint density at radius 3 is 2.69 bits per heavy atom. The van der Waals surface area contributed by atoms with Gasteiger partial charge in [-0.1, -0.05) is 0 Å². The topological polar surface area (TPSA) is 47.4 Å². The van der Waals surface area contributed by atoms with E-state index in [1.165, 1.54) is 6.92 Å². The molecule has 5 nitrogen and oxygen atoms in total. The van der Waals surface area contributed by atoms with Crippen LogP contribution in [0.15, 0.2) is 24.5 Å². The molecule has 2 aromatic rings. The molecule has 1 aromatic carbocycles. The molecule has 156 valence electrons. The smallest absolute Gasteiger partial charge is 0.392 e. The second-order valence-corrected chi connectivity index (χ2v) is 7.87. The Hall–Kier alpha value is -2.51. The van der Waals surface area contributed by atoms with Crippen molar-refractivity contribution in [2.75, 3.05) is 11.5 Å². The molecule has 0 spiro atoms. The van der Waals surface area contributed by atoms with E-state index >= 15 is 0 Å². The van der Waals surface area contributed by atoms with Crippen molar-refractivity contribution in [2.24, 2.45) is 0 Å². The summed E-state index contributed by atoms with van der Waals surface area (Å²) in [7, 11) is 0. The normalized spacial score (nSPS) is 19.2. The maximum absolute atomic E-state index is 12.7. The molecule has 4 rings (SSSR count). The highest BCUT2D eigenvalue weighted by Gasteiger charge is 2.32. The van der Waals surface area contributed by atoms with Gasteiger partial charge in [-0.25, -0.2) is 0 Å². The Labute approximate surface area is 167 Å². The molecule has 0 bridgehead atoms. The van der Waals surface area contributed by atoms with E-state index in [1.807, 2.05) is 29.9 Å². The number of fused-ring (bicyclic) bond motifs is 1. The number of halogens is 3. The minimum atomic E-state index is -4.29. The van der Waals surface area contributed by atoms with E-state index in [2.05, 4.69) is 5.10 Å². The summed E-state index contributed by atoms with van der Waals surface area (Å²) in [6.45, 7) is 3.02. The van der Waals surface area contributed by atoms with E-state index in [1.54, 1.807) is 11.1 Å². The number of hydrogen-bond donors (Lipinski definition) is 0. The third kappa shape index (κ3) is 4.11. The Kier molecular flexibility index (Phi) is 5.04. The third-order valence-electron chi connectivity index (χ3n) is 5.55. The van der Waals surface area contributed by atoms with Gasteiger partial charge in [0.25, 0.3) is 0 Å². The van der Waals surface area contributed by atoms with Crippen molar-refractivity contribution in [1.82, 2.24) is 9.78 Å². The monoisotopic (exact) mass is 407 g/mol. The number of aromatic nitrogens is 2. The number of carbonyl (C=O) groups excluding carboxylic acids is 1. The highest BCUT2D eigenvalue weighted by molar-refractivity contribution is 5.95. The maximum atomic E-state index is 12.7. The lowest BCUT2D eigenvalue weighted by Crippen LogP contribution is -2.40. The first-order valence-electron chi connectivity index (χ1n) is 9.94. The summed E-state index contributed by atoms with van der Waals surface area (Å²) >= 11 is 0. The molecule has 0 N–H and O–H groups in total. The zero-order valence-corrected chi connectivity index (χ0v) is 16.5. The standard InChI is InChI=1S/C21H24F3N3O2/c1-13-3-6-18-19(27(13)14(2)28)8-7-17(20(18)29-10-9-21(22,23)24)15-11-25-26(12-15)16-4-5-16/h7-8,11-13,16H,3-6,9-10H2,1-2H3/t13-/m0/s1. The molecule has 0 saturated heterocycles. The van der Waals surface area contributed by atoms with Crippen LogP contribution < -0.4 is 9.64 Å². The molecule has 8 heteroatoms. The van der Waals surface area contributed by atoms with E-state index < -0.39 is 19.2 Å². The van der Waals surface area contributed by atoms with Crippen molar-refractivity contribution >= 4 is 11.6 Å². The third-order valence-corrected chi connectivity index (χ3v) is 5.55. The fraction of sp³-hybridized carbons (Fsp3) is 0.524. The minimum Gasteiger partial charge on any atom is -0.492 e. The molecule has 1 amide bonds. The van der Waals surface area contributed by atoms with Gasteiger partial charge >= 0.3 is 6.18 Å². The van der Waals surface area contributed by atoms with E-state index in [-0.39, 0.29) is 11.9 Å². The van der Waals surface area contributed by atoms with Crippen LogP contribution in [0.2, 0.25) is 0 Å². The summed E-state index contributed by atoms with van der Waals surface area (Å²) in [5, 5.41) is 4.40. The number of amides is 1. The summed E-state index contributed by atoms with van der Waals surface area (Å²) in [4.78, 5) is 13.9. The summed E-state index contributed by atoms with van der Waals surface area (Å²) in [5.74, 6) is 0.342. The van der Waals surface area contributed by atoms with Crippen LogP contribution in [0.5, 0.6) is 5.75 Å². The van der Waals surface area contributed by atoms with Gasteiger partial charge in [-0.2, -0.15) is 18.3 Å². The van der Waals surface area contributed by atoms with Gasteiger partial charge in [-0.3, -0.25) is 9.48 Å². The Balaban J connectivity index is 1.74. The highest BCUT2D eigenvalue weighted by atomic mass is 19.4. The highest BCUT2D eigenvalue weighted by Crippen LogP contribution is 2.44. The molecule has 1 fully saturated rings. The molecule has 1 saturated carbocycles. The number of anilines is 1. The summed E-state index contributed by atoms with van der Waals surface area (Å²) in [6, 6.07) is 4.13. The number of benzene rings is 1. The van der Waals surface area contributed by atoms with Crippen molar-refractivity contribution in [3.05, 3.63) is 30.1 Å². The van der Waals surface area contributed by atoms with Gasteiger partial charge in [0.2, 0.25) is 5.91 Å². The molecular weight excluding hydrogens is 383 g/mol. The predicted octanol–water partition coefficient (Wildman–Crippen LogP) is 4.90. The van der Waals surface area contributed by atoms with E-state index in [4.69, 9.17) is 4.74 Å².